The molecule has 0 aromatic carbocycles. The molecule has 0 radical (unpaired) electrons. The van der Waals surface area contributed by atoms with Crippen molar-refractivity contribution in [1.82, 2.24) is 0 Å². The maximum atomic E-state index is 12.8. The Bertz CT molecular complexity index is 1380. The molecule has 0 spiro atoms. The first kappa shape index (κ1) is 67.1. The van der Waals surface area contributed by atoms with Crippen LogP contribution in [0, 0.1) is 5.92 Å². The van der Waals surface area contributed by atoms with Crippen molar-refractivity contribution in [3.05, 3.63) is 0 Å². The summed E-state index contributed by atoms with van der Waals surface area (Å²) in [5, 5.41) is 10.4. The van der Waals surface area contributed by atoms with E-state index in [1.54, 1.807) is 0 Å². The van der Waals surface area contributed by atoms with Crippen LogP contribution in [0.2, 0.25) is 0 Å². The monoisotopic (exact) mass is 1030 g/mol. The minimum absolute atomic E-state index is 0.102. The molecule has 3 unspecified atom stereocenters. The second kappa shape index (κ2) is 44.7. The molecule has 0 saturated carbocycles. The van der Waals surface area contributed by atoms with E-state index in [1.807, 2.05) is 0 Å². The average Bonchev–Trinajstić information content (AvgIpc) is 3.32. The number of aliphatic hydroxyl groups excluding tert-OH is 1. The van der Waals surface area contributed by atoms with Gasteiger partial charge in [-0.2, -0.15) is 0 Å². The smallest absolute Gasteiger partial charge is 0.462 e. The molecule has 0 heterocycles. The SMILES string of the molecule is CCCCCCCCCC(=O)OC[C@H](COP(=O)(O)OC[C@@H](O)COP(=O)(O)OC[C@@H](COC(=O)CCCCCCC)OC(=O)CCCCCCCCC)OC(=O)CCCCCCCCC(C)CC. The summed E-state index contributed by atoms with van der Waals surface area (Å²) >= 11 is 0. The number of rotatable bonds is 50. The average molecular weight is 1030 g/mol. The van der Waals surface area contributed by atoms with Crippen LogP contribution in [-0.2, 0) is 65.4 Å². The van der Waals surface area contributed by atoms with E-state index in [4.69, 9.17) is 37.0 Å². The molecule has 0 rings (SSSR count). The predicted octanol–water partition coefficient (Wildman–Crippen LogP) is 12.3. The Hall–Kier alpha value is -1.94. The van der Waals surface area contributed by atoms with Crippen molar-refractivity contribution in [2.75, 3.05) is 39.6 Å². The molecule has 3 N–H and O–H groups in total. The van der Waals surface area contributed by atoms with Gasteiger partial charge in [0.15, 0.2) is 12.2 Å². The Kier molecular flexibility index (Phi) is 43.5. The minimum atomic E-state index is -4.92. The number of ether oxygens (including phenoxy) is 4. The van der Waals surface area contributed by atoms with Gasteiger partial charge in [-0.05, 0) is 31.6 Å². The lowest BCUT2D eigenvalue weighted by Gasteiger charge is -2.21. The molecule has 6 atom stereocenters. The molecule has 0 aromatic rings. The highest BCUT2D eigenvalue weighted by Crippen LogP contribution is 2.45. The number of hydrogen-bond acceptors (Lipinski definition) is 15. The zero-order valence-corrected chi connectivity index (χ0v) is 45.2. The van der Waals surface area contributed by atoms with Crippen LogP contribution in [0.4, 0.5) is 0 Å². The van der Waals surface area contributed by atoms with Crippen LogP contribution in [0.1, 0.15) is 234 Å². The molecular formula is C50H96O17P2. The summed E-state index contributed by atoms with van der Waals surface area (Å²) in [6, 6.07) is 0. The number of esters is 4. The van der Waals surface area contributed by atoms with Crippen LogP contribution >= 0.6 is 15.6 Å². The molecule has 0 aromatic heterocycles. The Morgan fingerprint density at radius 1 is 0.406 bits per heavy atom. The molecule has 0 saturated heterocycles. The van der Waals surface area contributed by atoms with E-state index >= 15 is 0 Å². The molecule has 0 aliphatic carbocycles. The lowest BCUT2D eigenvalue weighted by molar-refractivity contribution is -0.161. The standard InChI is InChI=1S/C50H96O17P2/c1-6-10-13-16-18-24-29-34-48(53)61-40-46(67-50(55)36-31-26-21-20-23-27-32-43(5)9-4)42-65-69(58,59)63-38-44(51)37-62-68(56,57)64-41-45(39-60-47(52)33-28-22-15-12-8-3)66-49(54)35-30-25-19-17-14-11-7-2/h43-46,51H,6-42H2,1-5H3,(H,56,57)(H,58,59)/t43?,44-,45+,46+/m0/s1. The molecule has 0 aliphatic heterocycles. The lowest BCUT2D eigenvalue weighted by atomic mass is 10.00. The molecule has 0 fully saturated rings. The van der Waals surface area contributed by atoms with Gasteiger partial charge in [-0.25, -0.2) is 9.13 Å². The minimum Gasteiger partial charge on any atom is -0.462 e. The summed E-state index contributed by atoms with van der Waals surface area (Å²) in [6.07, 6.45) is 23.2. The molecule has 69 heavy (non-hydrogen) atoms. The summed E-state index contributed by atoms with van der Waals surface area (Å²) in [4.78, 5) is 71.0. The van der Waals surface area contributed by atoms with Crippen molar-refractivity contribution in [2.24, 2.45) is 5.92 Å². The van der Waals surface area contributed by atoms with Gasteiger partial charge in [-0.1, -0.05) is 182 Å². The first-order chi connectivity index (χ1) is 33.1. The molecule has 408 valence electrons. The number of phosphoric ester groups is 2. The van der Waals surface area contributed by atoms with Crippen LogP contribution in [0.25, 0.3) is 0 Å². The lowest BCUT2D eigenvalue weighted by Crippen LogP contribution is -2.30. The fourth-order valence-corrected chi connectivity index (χ4v) is 8.65. The van der Waals surface area contributed by atoms with Gasteiger partial charge in [-0.15, -0.1) is 0 Å². The van der Waals surface area contributed by atoms with Crippen molar-refractivity contribution in [2.45, 2.75) is 252 Å². The first-order valence-corrected chi connectivity index (χ1v) is 29.7. The van der Waals surface area contributed by atoms with E-state index in [2.05, 4.69) is 34.6 Å². The molecule has 0 aliphatic rings. The van der Waals surface area contributed by atoms with Crippen LogP contribution < -0.4 is 0 Å². The number of phosphoric acid groups is 2. The van der Waals surface area contributed by atoms with Crippen LogP contribution in [-0.4, -0.2) is 96.7 Å². The van der Waals surface area contributed by atoms with E-state index in [-0.39, 0.29) is 25.7 Å². The molecule has 0 amide bonds. The normalized spacial score (nSPS) is 15.1. The van der Waals surface area contributed by atoms with E-state index in [0.717, 1.165) is 128 Å². The summed E-state index contributed by atoms with van der Waals surface area (Å²) < 4.78 is 67.0. The van der Waals surface area contributed by atoms with Gasteiger partial charge >= 0.3 is 39.5 Å². The van der Waals surface area contributed by atoms with E-state index in [0.29, 0.717) is 25.7 Å². The van der Waals surface area contributed by atoms with Crippen molar-refractivity contribution in [3.8, 4) is 0 Å². The van der Waals surface area contributed by atoms with Crippen molar-refractivity contribution < 1.29 is 80.2 Å². The predicted molar refractivity (Wildman–Crippen MR) is 266 cm³/mol. The maximum Gasteiger partial charge on any atom is 0.472 e. The van der Waals surface area contributed by atoms with Gasteiger partial charge in [-0.3, -0.25) is 37.3 Å². The molecular weight excluding hydrogens is 934 g/mol. The van der Waals surface area contributed by atoms with Gasteiger partial charge in [0.2, 0.25) is 0 Å². The summed E-state index contributed by atoms with van der Waals surface area (Å²) in [6.45, 7) is 6.85. The van der Waals surface area contributed by atoms with Gasteiger partial charge in [0.1, 0.15) is 19.3 Å². The summed E-state index contributed by atoms with van der Waals surface area (Å²) in [5.74, 6) is -1.46. The van der Waals surface area contributed by atoms with E-state index < -0.39 is 97.5 Å². The van der Waals surface area contributed by atoms with Gasteiger partial charge in [0.25, 0.3) is 0 Å². The third-order valence-electron chi connectivity index (χ3n) is 11.6. The van der Waals surface area contributed by atoms with Crippen LogP contribution in [0.3, 0.4) is 0 Å². The molecule has 19 heteroatoms. The van der Waals surface area contributed by atoms with Gasteiger partial charge in [0, 0.05) is 25.7 Å². The third-order valence-corrected chi connectivity index (χ3v) is 13.5. The topological polar surface area (TPSA) is 237 Å². The number of hydrogen-bond donors (Lipinski definition) is 3. The van der Waals surface area contributed by atoms with Crippen LogP contribution in [0.5, 0.6) is 0 Å². The van der Waals surface area contributed by atoms with E-state index in [9.17, 15) is 43.2 Å². The van der Waals surface area contributed by atoms with Crippen LogP contribution in [0.15, 0.2) is 0 Å². The second-order valence-electron chi connectivity index (χ2n) is 18.4. The summed E-state index contributed by atoms with van der Waals surface area (Å²) in [5.41, 5.74) is 0. The quantitative estimate of drug-likeness (QED) is 0.0222. The highest BCUT2D eigenvalue weighted by atomic mass is 31.2. The number of carbonyl (C=O) groups is 4. The Morgan fingerprint density at radius 3 is 1.03 bits per heavy atom. The number of aliphatic hydroxyl groups is 1. The Labute approximate surface area is 416 Å². The maximum absolute atomic E-state index is 12.8. The van der Waals surface area contributed by atoms with E-state index in [1.165, 1.54) is 25.7 Å². The summed E-state index contributed by atoms with van der Waals surface area (Å²) in [7, 11) is -9.84. The molecule has 17 nitrogen and oxygen atoms in total. The van der Waals surface area contributed by atoms with Gasteiger partial charge < -0.3 is 33.8 Å². The number of carbonyl (C=O) groups excluding carboxylic acids is 4. The zero-order chi connectivity index (χ0) is 51.4. The zero-order valence-electron chi connectivity index (χ0n) is 43.4. The van der Waals surface area contributed by atoms with Crippen molar-refractivity contribution >= 4 is 39.5 Å². The third kappa shape index (κ3) is 44.5. The Morgan fingerprint density at radius 2 is 0.696 bits per heavy atom. The fourth-order valence-electron chi connectivity index (χ4n) is 7.07. The first-order valence-electron chi connectivity index (χ1n) is 26.7. The van der Waals surface area contributed by atoms with Gasteiger partial charge in [0.05, 0.1) is 26.4 Å². The fraction of sp³-hybridized carbons (Fsp3) is 0.920. The highest BCUT2D eigenvalue weighted by molar-refractivity contribution is 7.47. The largest absolute Gasteiger partial charge is 0.472 e. The highest BCUT2D eigenvalue weighted by Gasteiger charge is 2.30. The second-order valence-corrected chi connectivity index (χ2v) is 21.4. The molecule has 0 bridgehead atoms. The van der Waals surface area contributed by atoms with Crippen molar-refractivity contribution in [3.63, 3.8) is 0 Å². The number of unbranched alkanes of at least 4 members (excludes halogenated alkanes) is 21. The Balaban J connectivity index is 5.17. The van der Waals surface area contributed by atoms with Crippen molar-refractivity contribution in [1.29, 1.82) is 0 Å².